The van der Waals surface area contributed by atoms with E-state index in [1.54, 1.807) is 0 Å². The van der Waals surface area contributed by atoms with E-state index in [2.05, 4.69) is 77.2 Å². The molecule has 0 spiro atoms. The Morgan fingerprint density at radius 1 is 1.15 bits per heavy atom. The Morgan fingerprint density at radius 3 is 2.20 bits per heavy atom. The van der Waals surface area contributed by atoms with Gasteiger partial charge in [0.2, 0.25) is 0 Å². The van der Waals surface area contributed by atoms with Crippen LogP contribution in [0.5, 0.6) is 0 Å². The summed E-state index contributed by atoms with van der Waals surface area (Å²) in [6.45, 7) is 15.6. The van der Waals surface area contributed by atoms with Gasteiger partial charge in [-0.25, -0.2) is 0 Å². The van der Waals surface area contributed by atoms with Crippen molar-refractivity contribution in [1.82, 2.24) is 5.32 Å². The fraction of sp³-hybridized carbons (Fsp3) is 0.579. The van der Waals surface area contributed by atoms with E-state index in [0.29, 0.717) is 5.92 Å². The third kappa shape index (κ3) is 5.92. The summed E-state index contributed by atoms with van der Waals surface area (Å²) in [5, 5.41) is 3.52. The van der Waals surface area contributed by atoms with Crippen LogP contribution in [0, 0.1) is 5.92 Å². The summed E-state index contributed by atoms with van der Waals surface area (Å²) >= 11 is 0. The first kappa shape index (κ1) is 17.0. The molecule has 1 nitrogen and oxygen atoms in total. The molecule has 0 bridgehead atoms. The lowest BCUT2D eigenvalue weighted by Gasteiger charge is -2.19. The molecule has 0 radical (unpaired) electrons. The van der Waals surface area contributed by atoms with Gasteiger partial charge in [-0.3, -0.25) is 0 Å². The minimum Gasteiger partial charge on any atom is -0.313 e. The SMILES string of the molecule is CCC(=Cc1ccc(C(C)(C)C)cc1)CNCC(C)C. The minimum absolute atomic E-state index is 0.231. The molecule has 0 aliphatic rings. The molecule has 1 aromatic carbocycles. The Bertz CT molecular complexity index is 418. The second-order valence-corrected chi connectivity index (χ2v) is 7.05. The lowest BCUT2D eigenvalue weighted by molar-refractivity contribution is 0.569. The van der Waals surface area contributed by atoms with E-state index < -0.39 is 0 Å². The largest absolute Gasteiger partial charge is 0.313 e. The maximum atomic E-state index is 3.52. The van der Waals surface area contributed by atoms with Gasteiger partial charge in [0, 0.05) is 6.54 Å². The van der Waals surface area contributed by atoms with Crippen molar-refractivity contribution in [3.63, 3.8) is 0 Å². The summed E-state index contributed by atoms with van der Waals surface area (Å²) in [6, 6.07) is 8.97. The van der Waals surface area contributed by atoms with Gasteiger partial charge < -0.3 is 5.32 Å². The fourth-order valence-electron chi connectivity index (χ4n) is 2.11. The summed E-state index contributed by atoms with van der Waals surface area (Å²) in [7, 11) is 0. The van der Waals surface area contributed by atoms with Gasteiger partial charge in [0.15, 0.2) is 0 Å². The molecule has 0 unspecified atom stereocenters. The van der Waals surface area contributed by atoms with Crippen molar-refractivity contribution >= 4 is 6.08 Å². The molecule has 1 rings (SSSR count). The molecule has 0 heterocycles. The lowest BCUT2D eigenvalue weighted by atomic mass is 9.86. The van der Waals surface area contributed by atoms with Crippen LogP contribution in [0.2, 0.25) is 0 Å². The monoisotopic (exact) mass is 273 g/mol. The quantitative estimate of drug-likeness (QED) is 0.767. The van der Waals surface area contributed by atoms with Gasteiger partial charge in [0.05, 0.1) is 0 Å². The van der Waals surface area contributed by atoms with Gasteiger partial charge in [-0.2, -0.15) is 0 Å². The van der Waals surface area contributed by atoms with Crippen LogP contribution in [-0.4, -0.2) is 13.1 Å². The molecule has 0 amide bonds. The first-order valence-corrected chi connectivity index (χ1v) is 7.83. The second kappa shape index (κ2) is 7.64. The molecule has 0 aliphatic heterocycles. The van der Waals surface area contributed by atoms with Gasteiger partial charge in [-0.15, -0.1) is 0 Å². The summed E-state index contributed by atoms with van der Waals surface area (Å²) < 4.78 is 0. The molecule has 0 aromatic heterocycles. The van der Waals surface area contributed by atoms with Crippen LogP contribution in [0.1, 0.15) is 59.1 Å². The van der Waals surface area contributed by atoms with Crippen molar-refractivity contribution in [3.8, 4) is 0 Å². The zero-order chi connectivity index (χ0) is 15.2. The normalized spacial score (nSPS) is 13.1. The summed E-state index contributed by atoms with van der Waals surface area (Å²) in [5.41, 5.74) is 4.40. The van der Waals surface area contributed by atoms with E-state index in [4.69, 9.17) is 0 Å². The van der Waals surface area contributed by atoms with Crippen LogP contribution in [0.3, 0.4) is 0 Å². The third-order valence-electron chi connectivity index (χ3n) is 3.51. The average molecular weight is 273 g/mol. The zero-order valence-corrected chi connectivity index (χ0v) is 14.1. The molecule has 112 valence electrons. The van der Waals surface area contributed by atoms with E-state index in [9.17, 15) is 0 Å². The first-order valence-electron chi connectivity index (χ1n) is 7.83. The highest BCUT2D eigenvalue weighted by atomic mass is 14.9. The van der Waals surface area contributed by atoms with Crippen molar-refractivity contribution < 1.29 is 0 Å². The van der Waals surface area contributed by atoms with Crippen molar-refractivity contribution in [2.75, 3.05) is 13.1 Å². The Hall–Kier alpha value is -1.08. The molecule has 0 saturated carbocycles. The standard InChI is InChI=1S/C19H31N/c1-7-16(14-20-13-15(2)3)12-17-8-10-18(11-9-17)19(4,5)6/h8-12,15,20H,7,13-14H2,1-6H3. The van der Waals surface area contributed by atoms with Gasteiger partial charge in [0.25, 0.3) is 0 Å². The van der Waals surface area contributed by atoms with Gasteiger partial charge >= 0.3 is 0 Å². The average Bonchev–Trinajstić information content (AvgIpc) is 2.36. The van der Waals surface area contributed by atoms with Crippen molar-refractivity contribution in [2.45, 2.75) is 53.4 Å². The van der Waals surface area contributed by atoms with E-state index in [-0.39, 0.29) is 5.41 Å². The van der Waals surface area contributed by atoms with Crippen LogP contribution >= 0.6 is 0 Å². The Labute approximate surface area is 125 Å². The van der Waals surface area contributed by atoms with Crippen molar-refractivity contribution in [3.05, 3.63) is 41.0 Å². The third-order valence-corrected chi connectivity index (χ3v) is 3.51. The number of benzene rings is 1. The molecule has 1 heteroatoms. The van der Waals surface area contributed by atoms with Crippen molar-refractivity contribution in [2.24, 2.45) is 5.92 Å². The molecule has 0 atom stereocenters. The van der Waals surface area contributed by atoms with E-state index in [1.807, 2.05) is 0 Å². The Morgan fingerprint density at radius 2 is 1.75 bits per heavy atom. The Balaban J connectivity index is 2.70. The topological polar surface area (TPSA) is 12.0 Å². The molecule has 1 aromatic rings. The van der Waals surface area contributed by atoms with Crippen molar-refractivity contribution in [1.29, 1.82) is 0 Å². The lowest BCUT2D eigenvalue weighted by Crippen LogP contribution is -2.21. The number of nitrogens with one attached hydrogen (secondary N) is 1. The number of rotatable bonds is 6. The minimum atomic E-state index is 0.231. The first-order chi connectivity index (χ1) is 9.32. The van der Waals surface area contributed by atoms with Crippen LogP contribution < -0.4 is 5.32 Å². The highest BCUT2D eigenvalue weighted by Gasteiger charge is 2.12. The highest BCUT2D eigenvalue weighted by Crippen LogP contribution is 2.22. The molecule has 20 heavy (non-hydrogen) atoms. The van der Waals surface area contributed by atoms with Gasteiger partial charge in [-0.05, 0) is 35.4 Å². The van der Waals surface area contributed by atoms with Gasteiger partial charge in [-0.1, -0.05) is 77.5 Å². The molecule has 1 N–H and O–H groups in total. The summed E-state index contributed by atoms with van der Waals surface area (Å²) in [5.74, 6) is 0.708. The molecule has 0 aliphatic carbocycles. The van der Waals surface area contributed by atoms with Crippen LogP contribution in [-0.2, 0) is 5.41 Å². The fourth-order valence-corrected chi connectivity index (χ4v) is 2.11. The summed E-state index contributed by atoms with van der Waals surface area (Å²) in [4.78, 5) is 0. The van der Waals surface area contributed by atoms with Crippen LogP contribution in [0.15, 0.2) is 29.8 Å². The van der Waals surface area contributed by atoms with Crippen LogP contribution in [0.4, 0.5) is 0 Å². The Kier molecular flexibility index (Phi) is 6.48. The number of hydrogen-bond donors (Lipinski definition) is 1. The van der Waals surface area contributed by atoms with Gasteiger partial charge in [0.1, 0.15) is 0 Å². The van der Waals surface area contributed by atoms with E-state index in [1.165, 1.54) is 16.7 Å². The molecular formula is C19H31N. The van der Waals surface area contributed by atoms with E-state index >= 15 is 0 Å². The second-order valence-electron chi connectivity index (χ2n) is 7.05. The zero-order valence-electron chi connectivity index (χ0n) is 14.1. The maximum Gasteiger partial charge on any atom is 0.0167 e. The summed E-state index contributed by atoms with van der Waals surface area (Å²) in [6.07, 6.45) is 3.42. The number of hydrogen-bond acceptors (Lipinski definition) is 1. The predicted octanol–water partition coefficient (Wildman–Crippen LogP) is 5.02. The molecule has 0 fully saturated rings. The smallest absolute Gasteiger partial charge is 0.0167 e. The molecular weight excluding hydrogens is 242 g/mol. The van der Waals surface area contributed by atoms with E-state index in [0.717, 1.165) is 19.5 Å². The predicted molar refractivity (Wildman–Crippen MR) is 91.1 cm³/mol. The highest BCUT2D eigenvalue weighted by molar-refractivity contribution is 5.54. The van der Waals surface area contributed by atoms with Crippen LogP contribution in [0.25, 0.3) is 6.08 Å². The molecule has 0 saturated heterocycles. The maximum absolute atomic E-state index is 3.52.